The molecule has 16 heavy (non-hydrogen) atoms. The van der Waals surface area contributed by atoms with Gasteiger partial charge in [-0.2, -0.15) is 4.39 Å². The van der Waals surface area contributed by atoms with Crippen LogP contribution in [0, 0.1) is 5.95 Å². The van der Waals surface area contributed by atoms with Gasteiger partial charge in [-0.3, -0.25) is 0 Å². The van der Waals surface area contributed by atoms with Crippen LogP contribution in [-0.4, -0.2) is 4.98 Å². The number of hydrogen-bond donors (Lipinski definition) is 0. The normalized spacial score (nSPS) is 10.4. The predicted molar refractivity (Wildman–Crippen MR) is 64.8 cm³/mol. The van der Waals surface area contributed by atoms with E-state index >= 15 is 0 Å². The molecule has 2 rings (SSSR count). The lowest BCUT2D eigenvalue weighted by Gasteiger charge is -2.02. The zero-order valence-electron chi connectivity index (χ0n) is 7.95. The Morgan fingerprint density at radius 1 is 1.00 bits per heavy atom. The van der Waals surface area contributed by atoms with Crippen molar-refractivity contribution >= 4 is 35.0 Å². The van der Waals surface area contributed by atoms with Crippen molar-refractivity contribution in [2.45, 2.75) is 9.79 Å². The third kappa shape index (κ3) is 2.88. The van der Waals surface area contributed by atoms with Crippen LogP contribution in [-0.2, 0) is 0 Å². The van der Waals surface area contributed by atoms with Crippen molar-refractivity contribution < 1.29 is 4.39 Å². The lowest BCUT2D eigenvalue weighted by atomic mass is 10.4. The third-order valence-electron chi connectivity index (χ3n) is 1.82. The van der Waals surface area contributed by atoms with Gasteiger partial charge in [0.1, 0.15) is 0 Å². The van der Waals surface area contributed by atoms with E-state index in [1.54, 1.807) is 18.2 Å². The molecule has 1 aromatic heterocycles. The van der Waals surface area contributed by atoms with E-state index in [0.29, 0.717) is 10.0 Å². The Morgan fingerprint density at radius 3 is 2.44 bits per heavy atom. The number of nitrogens with zero attached hydrogens (tertiary/aromatic N) is 1. The van der Waals surface area contributed by atoms with Gasteiger partial charge in [0.2, 0.25) is 5.95 Å². The maximum Gasteiger partial charge on any atom is 0.213 e. The average molecular weight is 274 g/mol. The molecule has 0 aliphatic heterocycles. The molecule has 0 saturated carbocycles. The molecule has 1 aromatic carbocycles. The van der Waals surface area contributed by atoms with Gasteiger partial charge in [-0.25, -0.2) is 4.98 Å². The maximum absolute atomic E-state index is 12.8. The molecule has 0 unspecified atom stereocenters. The molecule has 0 radical (unpaired) electrons. The largest absolute Gasteiger partial charge is 0.228 e. The van der Waals surface area contributed by atoms with Crippen LogP contribution in [0.25, 0.3) is 0 Å². The van der Waals surface area contributed by atoms with Gasteiger partial charge in [-0.1, -0.05) is 35.0 Å². The summed E-state index contributed by atoms with van der Waals surface area (Å²) < 4.78 is 12.8. The first-order chi connectivity index (χ1) is 7.65. The number of benzene rings is 1. The van der Waals surface area contributed by atoms with E-state index in [2.05, 4.69) is 4.98 Å². The highest BCUT2D eigenvalue weighted by molar-refractivity contribution is 7.99. The highest BCUT2D eigenvalue weighted by Gasteiger charge is 2.02. The van der Waals surface area contributed by atoms with Crippen molar-refractivity contribution in [3.63, 3.8) is 0 Å². The molecule has 1 heterocycles. The minimum Gasteiger partial charge on any atom is -0.228 e. The highest BCUT2D eigenvalue weighted by Crippen LogP contribution is 2.32. The van der Waals surface area contributed by atoms with Crippen molar-refractivity contribution in [2.24, 2.45) is 0 Å². The first-order valence-corrected chi connectivity index (χ1v) is 5.97. The number of aromatic nitrogens is 1. The summed E-state index contributed by atoms with van der Waals surface area (Å²) in [5.41, 5.74) is 0. The molecule has 0 atom stereocenters. The first-order valence-electron chi connectivity index (χ1n) is 4.39. The van der Waals surface area contributed by atoms with Gasteiger partial charge in [0.05, 0.1) is 10.0 Å². The maximum atomic E-state index is 12.8. The number of hydrogen-bond acceptors (Lipinski definition) is 2. The molecule has 0 aliphatic rings. The monoisotopic (exact) mass is 273 g/mol. The van der Waals surface area contributed by atoms with Gasteiger partial charge in [0, 0.05) is 22.1 Å². The molecule has 0 amide bonds. The molecular formula is C11H6Cl2FNS. The van der Waals surface area contributed by atoms with Gasteiger partial charge < -0.3 is 0 Å². The van der Waals surface area contributed by atoms with Gasteiger partial charge in [0.25, 0.3) is 0 Å². The smallest absolute Gasteiger partial charge is 0.213 e. The fourth-order valence-electron chi connectivity index (χ4n) is 1.12. The quantitative estimate of drug-likeness (QED) is 0.737. The van der Waals surface area contributed by atoms with Crippen LogP contribution in [0.1, 0.15) is 0 Å². The molecule has 0 spiro atoms. The second kappa shape index (κ2) is 5.04. The summed E-state index contributed by atoms with van der Waals surface area (Å²) >= 11 is 13.1. The van der Waals surface area contributed by atoms with E-state index in [0.717, 1.165) is 9.79 Å². The molecule has 2 aromatic rings. The molecule has 0 N–H and O–H groups in total. The standard InChI is InChI=1S/C11H6Cl2FNS/c12-9-2-1-7(5-10(9)13)16-8-3-4-15-11(14)6-8/h1-6H. The summed E-state index contributed by atoms with van der Waals surface area (Å²) in [5, 5.41) is 0.994. The van der Waals surface area contributed by atoms with Crippen molar-refractivity contribution in [1.29, 1.82) is 0 Å². The topological polar surface area (TPSA) is 12.9 Å². The summed E-state index contributed by atoms with van der Waals surface area (Å²) in [6.45, 7) is 0. The van der Waals surface area contributed by atoms with E-state index < -0.39 is 5.95 Å². The van der Waals surface area contributed by atoms with Crippen molar-refractivity contribution in [3.05, 3.63) is 52.5 Å². The molecule has 0 fully saturated rings. The minimum atomic E-state index is -0.495. The van der Waals surface area contributed by atoms with Crippen molar-refractivity contribution in [3.8, 4) is 0 Å². The SMILES string of the molecule is Fc1cc(Sc2ccc(Cl)c(Cl)c2)ccn1. The second-order valence-electron chi connectivity index (χ2n) is 2.99. The van der Waals surface area contributed by atoms with Crippen LogP contribution < -0.4 is 0 Å². The van der Waals surface area contributed by atoms with Gasteiger partial charge in [-0.05, 0) is 24.3 Å². The Morgan fingerprint density at radius 2 is 1.75 bits per heavy atom. The first kappa shape index (κ1) is 11.7. The van der Waals surface area contributed by atoms with Crippen LogP contribution in [0.15, 0.2) is 46.3 Å². The van der Waals surface area contributed by atoms with Crippen LogP contribution in [0.3, 0.4) is 0 Å². The minimum absolute atomic E-state index is 0.487. The van der Waals surface area contributed by atoms with Crippen molar-refractivity contribution in [1.82, 2.24) is 4.98 Å². The second-order valence-corrected chi connectivity index (χ2v) is 4.95. The Bertz CT molecular complexity index is 519. The van der Waals surface area contributed by atoms with E-state index in [1.165, 1.54) is 24.0 Å². The van der Waals surface area contributed by atoms with Crippen LogP contribution in [0.5, 0.6) is 0 Å². The zero-order valence-corrected chi connectivity index (χ0v) is 10.3. The van der Waals surface area contributed by atoms with Crippen LogP contribution in [0.4, 0.5) is 4.39 Å². The Labute approximate surface area is 107 Å². The Kier molecular flexibility index (Phi) is 3.69. The molecule has 82 valence electrons. The molecule has 1 nitrogen and oxygen atoms in total. The van der Waals surface area contributed by atoms with Gasteiger partial charge >= 0.3 is 0 Å². The summed E-state index contributed by atoms with van der Waals surface area (Å²) in [6.07, 6.45) is 1.43. The fourth-order valence-corrected chi connectivity index (χ4v) is 2.36. The van der Waals surface area contributed by atoms with E-state index in [-0.39, 0.29) is 0 Å². The molecule has 0 saturated heterocycles. The summed E-state index contributed by atoms with van der Waals surface area (Å²) in [7, 11) is 0. The average Bonchev–Trinajstić information content (AvgIpc) is 2.24. The Balaban J connectivity index is 2.24. The lowest BCUT2D eigenvalue weighted by molar-refractivity contribution is 0.579. The fraction of sp³-hybridized carbons (Fsp3) is 0. The summed E-state index contributed by atoms with van der Waals surface area (Å²) in [4.78, 5) is 5.16. The Hall–Kier alpha value is -0.770. The molecule has 0 aliphatic carbocycles. The van der Waals surface area contributed by atoms with E-state index in [4.69, 9.17) is 23.2 Å². The van der Waals surface area contributed by atoms with Gasteiger partial charge in [0.15, 0.2) is 0 Å². The lowest BCUT2D eigenvalue weighted by Crippen LogP contribution is -1.81. The van der Waals surface area contributed by atoms with Crippen LogP contribution in [0.2, 0.25) is 10.0 Å². The predicted octanol–water partition coefficient (Wildman–Crippen LogP) is 4.68. The van der Waals surface area contributed by atoms with Gasteiger partial charge in [-0.15, -0.1) is 0 Å². The molecule has 5 heteroatoms. The molecular weight excluding hydrogens is 268 g/mol. The summed E-state index contributed by atoms with van der Waals surface area (Å²) in [6, 6.07) is 8.39. The molecule has 0 bridgehead atoms. The third-order valence-corrected chi connectivity index (χ3v) is 3.54. The zero-order chi connectivity index (χ0) is 11.5. The highest BCUT2D eigenvalue weighted by atomic mass is 35.5. The van der Waals surface area contributed by atoms with E-state index in [1.807, 2.05) is 6.07 Å². The number of halogens is 3. The number of rotatable bonds is 2. The summed E-state index contributed by atoms with van der Waals surface area (Å²) in [5.74, 6) is -0.495. The van der Waals surface area contributed by atoms with E-state index in [9.17, 15) is 4.39 Å². The van der Waals surface area contributed by atoms with Crippen LogP contribution >= 0.6 is 35.0 Å². The number of pyridine rings is 1. The van der Waals surface area contributed by atoms with Crippen molar-refractivity contribution in [2.75, 3.05) is 0 Å².